The van der Waals surface area contributed by atoms with Gasteiger partial charge >= 0.3 is 0 Å². The fourth-order valence-electron chi connectivity index (χ4n) is 2.45. The normalized spacial score (nSPS) is 16.9. The maximum atomic E-state index is 12.1. The van der Waals surface area contributed by atoms with Gasteiger partial charge in [0.1, 0.15) is 5.69 Å². The van der Waals surface area contributed by atoms with Gasteiger partial charge in [-0.2, -0.15) is 0 Å². The fraction of sp³-hybridized carbons (Fsp3) is 0.462. The first-order valence-electron chi connectivity index (χ1n) is 6.43. The van der Waals surface area contributed by atoms with Crippen molar-refractivity contribution in [2.24, 2.45) is 0 Å². The molecule has 5 nitrogen and oxygen atoms in total. The van der Waals surface area contributed by atoms with Crippen molar-refractivity contribution in [3.05, 3.63) is 30.4 Å². The van der Waals surface area contributed by atoms with E-state index in [4.69, 9.17) is 0 Å². The van der Waals surface area contributed by atoms with Gasteiger partial charge < -0.3 is 5.32 Å². The molecule has 2 aromatic heterocycles. The van der Waals surface area contributed by atoms with Crippen LogP contribution in [0.3, 0.4) is 0 Å². The first-order chi connectivity index (χ1) is 8.83. The molecule has 0 aromatic carbocycles. The van der Waals surface area contributed by atoms with E-state index in [0.29, 0.717) is 17.5 Å². The van der Waals surface area contributed by atoms with Crippen molar-refractivity contribution >= 4 is 11.7 Å². The summed E-state index contributed by atoms with van der Waals surface area (Å²) < 4.78 is 1.76. The molecule has 2 aromatic rings. The molecule has 1 aliphatic carbocycles. The predicted octanol–water partition coefficient (Wildman–Crippen LogP) is 1.79. The second-order valence-electron chi connectivity index (χ2n) is 4.76. The SMILES string of the molecule is O=C(NC1CCCCC1)c1cn2cccnc2n1. The molecule has 94 valence electrons. The number of nitrogens with zero attached hydrogens (tertiary/aromatic N) is 3. The summed E-state index contributed by atoms with van der Waals surface area (Å²) in [6.45, 7) is 0. The zero-order valence-electron chi connectivity index (χ0n) is 10.2. The van der Waals surface area contributed by atoms with Crippen LogP contribution in [0.15, 0.2) is 24.7 Å². The Labute approximate surface area is 105 Å². The van der Waals surface area contributed by atoms with Gasteiger partial charge in [0.25, 0.3) is 5.91 Å². The molecule has 0 unspecified atom stereocenters. The topological polar surface area (TPSA) is 59.3 Å². The molecule has 1 fully saturated rings. The van der Waals surface area contributed by atoms with Crippen molar-refractivity contribution in [2.45, 2.75) is 38.1 Å². The lowest BCUT2D eigenvalue weighted by atomic mass is 9.95. The molecule has 18 heavy (non-hydrogen) atoms. The van der Waals surface area contributed by atoms with Crippen LogP contribution >= 0.6 is 0 Å². The molecule has 3 rings (SSSR count). The van der Waals surface area contributed by atoms with Crippen LogP contribution in [-0.4, -0.2) is 26.3 Å². The third kappa shape index (κ3) is 2.20. The molecular weight excluding hydrogens is 228 g/mol. The first-order valence-corrected chi connectivity index (χ1v) is 6.43. The summed E-state index contributed by atoms with van der Waals surface area (Å²) in [5.41, 5.74) is 0.444. The molecule has 0 aliphatic heterocycles. The highest BCUT2D eigenvalue weighted by Crippen LogP contribution is 2.17. The average Bonchev–Trinajstić information content (AvgIpc) is 2.84. The Morgan fingerprint density at radius 3 is 2.94 bits per heavy atom. The highest BCUT2D eigenvalue weighted by molar-refractivity contribution is 5.92. The summed E-state index contributed by atoms with van der Waals surface area (Å²) in [5, 5.41) is 3.05. The number of hydrogen-bond acceptors (Lipinski definition) is 3. The number of carbonyl (C=O) groups is 1. The molecule has 0 bridgehead atoms. The highest BCUT2D eigenvalue weighted by atomic mass is 16.2. The van der Waals surface area contributed by atoms with E-state index >= 15 is 0 Å². The zero-order chi connectivity index (χ0) is 12.4. The molecule has 2 heterocycles. The standard InChI is InChI=1S/C13H16N4O/c18-12(15-10-5-2-1-3-6-10)11-9-17-8-4-7-14-13(17)16-11/h4,7-10H,1-3,5-6H2,(H,15,18). The maximum absolute atomic E-state index is 12.1. The maximum Gasteiger partial charge on any atom is 0.271 e. The van der Waals surface area contributed by atoms with E-state index in [-0.39, 0.29) is 5.91 Å². The lowest BCUT2D eigenvalue weighted by Gasteiger charge is -2.22. The largest absolute Gasteiger partial charge is 0.348 e. The van der Waals surface area contributed by atoms with Crippen molar-refractivity contribution in [3.8, 4) is 0 Å². The van der Waals surface area contributed by atoms with Crippen LogP contribution in [0.2, 0.25) is 0 Å². The van der Waals surface area contributed by atoms with E-state index < -0.39 is 0 Å². The van der Waals surface area contributed by atoms with Crippen LogP contribution in [0.4, 0.5) is 0 Å². The quantitative estimate of drug-likeness (QED) is 0.876. The van der Waals surface area contributed by atoms with Gasteiger partial charge in [0, 0.05) is 24.6 Å². The Kier molecular flexibility index (Phi) is 2.96. The van der Waals surface area contributed by atoms with Gasteiger partial charge in [-0.3, -0.25) is 9.20 Å². The smallest absolute Gasteiger partial charge is 0.271 e. The minimum absolute atomic E-state index is 0.0904. The van der Waals surface area contributed by atoms with Crippen molar-refractivity contribution in [1.29, 1.82) is 0 Å². The second-order valence-corrected chi connectivity index (χ2v) is 4.76. The van der Waals surface area contributed by atoms with Gasteiger partial charge in [0.15, 0.2) is 0 Å². The summed E-state index contributed by atoms with van der Waals surface area (Å²) in [4.78, 5) is 20.4. The molecule has 1 amide bonds. The molecular formula is C13H16N4O. The molecule has 0 atom stereocenters. The Bertz CT molecular complexity index is 524. The number of carbonyl (C=O) groups excluding carboxylic acids is 1. The molecule has 1 saturated carbocycles. The van der Waals surface area contributed by atoms with Crippen LogP contribution < -0.4 is 5.32 Å². The Hall–Kier alpha value is -1.91. The number of nitrogens with one attached hydrogen (secondary N) is 1. The lowest BCUT2D eigenvalue weighted by molar-refractivity contribution is 0.0923. The summed E-state index contributed by atoms with van der Waals surface area (Å²) >= 11 is 0. The van der Waals surface area contributed by atoms with Crippen LogP contribution in [0.25, 0.3) is 5.78 Å². The average molecular weight is 244 g/mol. The van der Waals surface area contributed by atoms with Gasteiger partial charge in [-0.15, -0.1) is 0 Å². The van der Waals surface area contributed by atoms with Gasteiger partial charge in [0.05, 0.1) is 0 Å². The van der Waals surface area contributed by atoms with Crippen LogP contribution in [-0.2, 0) is 0 Å². The van der Waals surface area contributed by atoms with E-state index in [9.17, 15) is 4.79 Å². The van der Waals surface area contributed by atoms with Crippen molar-refractivity contribution in [1.82, 2.24) is 19.7 Å². The Balaban J connectivity index is 1.74. The van der Waals surface area contributed by atoms with Gasteiger partial charge in [-0.25, -0.2) is 9.97 Å². The number of rotatable bonds is 2. The zero-order valence-corrected chi connectivity index (χ0v) is 10.2. The second kappa shape index (κ2) is 4.76. The number of fused-ring (bicyclic) bond motifs is 1. The minimum Gasteiger partial charge on any atom is -0.348 e. The van der Waals surface area contributed by atoms with Crippen molar-refractivity contribution in [2.75, 3.05) is 0 Å². The summed E-state index contributed by atoms with van der Waals surface area (Å²) in [5.74, 6) is 0.471. The highest BCUT2D eigenvalue weighted by Gasteiger charge is 2.18. The van der Waals surface area contributed by atoms with Crippen LogP contribution in [0.5, 0.6) is 0 Å². The Morgan fingerprint density at radius 2 is 2.17 bits per heavy atom. The summed E-state index contributed by atoms with van der Waals surface area (Å²) in [6, 6.07) is 2.13. The molecule has 1 N–H and O–H groups in total. The van der Waals surface area contributed by atoms with E-state index in [0.717, 1.165) is 12.8 Å². The third-order valence-electron chi connectivity index (χ3n) is 3.41. The Morgan fingerprint density at radius 1 is 1.33 bits per heavy atom. The summed E-state index contributed by atoms with van der Waals surface area (Å²) in [6.07, 6.45) is 11.1. The van der Waals surface area contributed by atoms with E-state index in [2.05, 4.69) is 15.3 Å². The fourth-order valence-corrected chi connectivity index (χ4v) is 2.45. The molecule has 1 aliphatic rings. The van der Waals surface area contributed by atoms with Gasteiger partial charge in [-0.05, 0) is 18.9 Å². The number of aromatic nitrogens is 3. The van der Waals surface area contributed by atoms with Crippen molar-refractivity contribution < 1.29 is 4.79 Å². The van der Waals surface area contributed by atoms with E-state index in [1.807, 2.05) is 12.3 Å². The number of imidazole rings is 1. The van der Waals surface area contributed by atoms with Gasteiger partial charge in [-0.1, -0.05) is 19.3 Å². The van der Waals surface area contributed by atoms with Crippen LogP contribution in [0.1, 0.15) is 42.6 Å². The third-order valence-corrected chi connectivity index (χ3v) is 3.41. The minimum atomic E-state index is -0.0904. The monoisotopic (exact) mass is 244 g/mol. The van der Waals surface area contributed by atoms with Crippen LogP contribution in [0, 0.1) is 0 Å². The van der Waals surface area contributed by atoms with Gasteiger partial charge in [0.2, 0.25) is 5.78 Å². The molecule has 0 spiro atoms. The van der Waals surface area contributed by atoms with Crippen molar-refractivity contribution in [3.63, 3.8) is 0 Å². The first kappa shape index (κ1) is 11.2. The predicted molar refractivity (Wildman–Crippen MR) is 67.3 cm³/mol. The number of hydrogen-bond donors (Lipinski definition) is 1. The molecule has 0 radical (unpaired) electrons. The van der Waals surface area contributed by atoms with E-state index in [1.54, 1.807) is 16.8 Å². The lowest BCUT2D eigenvalue weighted by Crippen LogP contribution is -2.36. The molecule has 0 saturated heterocycles. The summed E-state index contributed by atoms with van der Waals surface area (Å²) in [7, 11) is 0. The number of amides is 1. The molecule has 5 heteroatoms. The van der Waals surface area contributed by atoms with E-state index in [1.165, 1.54) is 19.3 Å².